The minimum absolute atomic E-state index is 0.332. The molecule has 0 heterocycles. The fourth-order valence-corrected chi connectivity index (χ4v) is 5.32. The van der Waals surface area contributed by atoms with Gasteiger partial charge in [-0.1, -0.05) is 41.5 Å². The summed E-state index contributed by atoms with van der Waals surface area (Å²) in [5.41, 5.74) is -1.24. The highest BCUT2D eigenvalue weighted by molar-refractivity contribution is 6.49. The number of ether oxygens (including phenoxy) is 1. The van der Waals surface area contributed by atoms with E-state index in [0.29, 0.717) is 0 Å². The molecule has 0 saturated carbocycles. The molecule has 0 radical (unpaired) electrons. The summed E-state index contributed by atoms with van der Waals surface area (Å²) >= 11 is 0. The zero-order valence-corrected chi connectivity index (χ0v) is 23.9. The van der Waals surface area contributed by atoms with Crippen molar-refractivity contribution in [3.8, 4) is 0 Å². The lowest BCUT2D eigenvalue weighted by molar-refractivity contribution is -0.176. The van der Waals surface area contributed by atoms with E-state index in [4.69, 9.17) is 13.6 Å². The molecule has 4 atom stereocenters. The van der Waals surface area contributed by atoms with Gasteiger partial charge in [0.05, 0.1) is 12.8 Å². The van der Waals surface area contributed by atoms with Crippen LogP contribution in [0.5, 0.6) is 0 Å². The van der Waals surface area contributed by atoms with Crippen molar-refractivity contribution in [3.63, 3.8) is 0 Å². The highest BCUT2D eigenvalue weighted by Gasteiger charge is 2.44. The molecule has 33 heavy (non-hydrogen) atoms. The van der Waals surface area contributed by atoms with E-state index in [9.17, 15) is 29.4 Å². The number of hydrogen-bond donors (Lipinski definition) is 2. The maximum absolute atomic E-state index is 13.1. The van der Waals surface area contributed by atoms with Crippen molar-refractivity contribution in [2.24, 2.45) is 22.7 Å². The normalized spacial score (nSPS) is 16.2. The third kappa shape index (κ3) is 11.4. The molecule has 0 aromatic carbocycles. The molecule has 9 nitrogen and oxygen atoms in total. The molecule has 4 unspecified atom stereocenters. The summed E-state index contributed by atoms with van der Waals surface area (Å²) in [5.74, 6) is -5.58. The van der Waals surface area contributed by atoms with Gasteiger partial charge < -0.3 is 23.8 Å². The Morgan fingerprint density at radius 1 is 0.667 bits per heavy atom. The standard InChI is InChI=1S/C22H42O9Si2/c1-21(2,3)13(11-15(23)24)17(30-32(7)8)19(27)29-20(28)18(31-33(9)10)14(12-16(25)26)22(4,5)6/h13-14,17-18,32-33H,11-12H2,1-10H3,(H,23,24)(H,25,26). The minimum atomic E-state index is -1.83. The second kappa shape index (κ2) is 12.8. The van der Waals surface area contributed by atoms with Crippen LogP contribution < -0.4 is 0 Å². The van der Waals surface area contributed by atoms with E-state index in [1.54, 1.807) is 41.5 Å². The van der Waals surface area contributed by atoms with E-state index in [2.05, 4.69) is 0 Å². The first kappa shape index (κ1) is 31.4. The lowest BCUT2D eigenvalue weighted by Crippen LogP contribution is -2.48. The monoisotopic (exact) mass is 506 g/mol. The molecule has 0 aromatic rings. The molecule has 0 aromatic heterocycles. The van der Waals surface area contributed by atoms with Crippen molar-refractivity contribution in [1.29, 1.82) is 0 Å². The number of carbonyl (C=O) groups excluding carboxylic acids is 2. The zero-order valence-electron chi connectivity index (χ0n) is 21.6. The van der Waals surface area contributed by atoms with Crippen LogP contribution in [0.15, 0.2) is 0 Å². The molecule has 0 amide bonds. The molecule has 0 spiro atoms. The fourth-order valence-electron chi connectivity index (χ4n) is 3.54. The Labute approximate surface area is 200 Å². The highest BCUT2D eigenvalue weighted by atomic mass is 28.3. The molecule has 0 aliphatic carbocycles. The molecule has 0 aliphatic heterocycles. The van der Waals surface area contributed by atoms with Crippen molar-refractivity contribution in [2.75, 3.05) is 0 Å². The Morgan fingerprint density at radius 2 is 0.939 bits per heavy atom. The van der Waals surface area contributed by atoms with Crippen molar-refractivity contribution in [1.82, 2.24) is 0 Å². The van der Waals surface area contributed by atoms with Crippen LogP contribution in [0.1, 0.15) is 54.4 Å². The molecule has 2 N–H and O–H groups in total. The third-order valence-electron chi connectivity index (χ3n) is 5.25. The predicted molar refractivity (Wildman–Crippen MR) is 129 cm³/mol. The van der Waals surface area contributed by atoms with E-state index in [0.717, 1.165) is 0 Å². The summed E-state index contributed by atoms with van der Waals surface area (Å²) in [4.78, 5) is 49.3. The van der Waals surface area contributed by atoms with Crippen molar-refractivity contribution >= 4 is 42.0 Å². The van der Waals surface area contributed by atoms with Gasteiger partial charge in [0.1, 0.15) is 12.2 Å². The maximum Gasteiger partial charge on any atom is 0.342 e. The fraction of sp³-hybridized carbons (Fsp3) is 0.818. The number of aliphatic carboxylic acids is 2. The minimum Gasteiger partial charge on any atom is -0.481 e. The first-order chi connectivity index (χ1) is 14.8. The third-order valence-corrected chi connectivity index (χ3v) is 6.92. The van der Waals surface area contributed by atoms with Gasteiger partial charge in [-0.15, -0.1) is 0 Å². The zero-order chi connectivity index (χ0) is 26.3. The van der Waals surface area contributed by atoms with Gasteiger partial charge in [0.15, 0.2) is 18.1 Å². The number of esters is 2. The summed E-state index contributed by atoms with van der Waals surface area (Å²) in [6, 6.07) is 0. The molecule has 11 heteroatoms. The van der Waals surface area contributed by atoms with Crippen LogP contribution in [0.25, 0.3) is 0 Å². The summed E-state index contributed by atoms with van der Waals surface area (Å²) in [7, 11) is -3.65. The molecule has 0 fully saturated rings. The summed E-state index contributed by atoms with van der Waals surface area (Å²) in [6.45, 7) is 18.1. The molecule has 0 saturated heterocycles. The average Bonchev–Trinajstić information content (AvgIpc) is 2.58. The SMILES string of the molecule is C[SiH](C)OC(C(=O)OC(=O)C(O[SiH](C)C)C(CC(=O)O)C(C)(C)C)C(CC(=O)O)C(C)(C)C. The quantitative estimate of drug-likeness (QED) is 0.232. The molecule has 0 aliphatic rings. The number of rotatable bonds is 12. The van der Waals surface area contributed by atoms with Crippen molar-refractivity contribution in [2.45, 2.75) is 92.8 Å². The van der Waals surface area contributed by atoms with Crippen LogP contribution in [-0.2, 0) is 32.8 Å². The van der Waals surface area contributed by atoms with E-state index in [1.807, 2.05) is 26.2 Å². The first-order valence-corrected chi connectivity index (χ1v) is 16.8. The van der Waals surface area contributed by atoms with Crippen molar-refractivity contribution in [3.05, 3.63) is 0 Å². The molecular formula is C22H42O9Si2. The Bertz CT molecular complexity index is 635. The van der Waals surface area contributed by atoms with E-state index in [-0.39, 0.29) is 12.8 Å². The molecule has 0 bridgehead atoms. The van der Waals surface area contributed by atoms with Crippen LogP contribution in [0.2, 0.25) is 26.2 Å². The van der Waals surface area contributed by atoms with Crippen LogP contribution in [-0.4, -0.2) is 64.4 Å². The van der Waals surface area contributed by atoms with E-state index in [1.165, 1.54) is 0 Å². The largest absolute Gasteiger partial charge is 0.481 e. The second-order valence-corrected chi connectivity index (χ2v) is 15.8. The maximum atomic E-state index is 13.1. The van der Waals surface area contributed by atoms with Crippen LogP contribution >= 0.6 is 0 Å². The van der Waals surface area contributed by atoms with Crippen LogP contribution in [0, 0.1) is 22.7 Å². The van der Waals surface area contributed by atoms with Crippen LogP contribution in [0.3, 0.4) is 0 Å². The topological polar surface area (TPSA) is 136 Å². The van der Waals surface area contributed by atoms with Gasteiger partial charge >= 0.3 is 23.9 Å². The Hall–Kier alpha value is -1.57. The highest BCUT2D eigenvalue weighted by Crippen LogP contribution is 2.36. The smallest absolute Gasteiger partial charge is 0.342 e. The molecule has 192 valence electrons. The lowest BCUT2D eigenvalue weighted by atomic mass is 9.75. The Kier molecular flexibility index (Phi) is 12.2. The van der Waals surface area contributed by atoms with Gasteiger partial charge in [0.2, 0.25) is 0 Å². The summed E-state index contributed by atoms with van der Waals surface area (Å²) in [6.07, 6.45) is -3.13. The lowest BCUT2D eigenvalue weighted by Gasteiger charge is -2.37. The van der Waals surface area contributed by atoms with Gasteiger partial charge in [-0.2, -0.15) is 0 Å². The first-order valence-electron chi connectivity index (χ1n) is 11.3. The second-order valence-electron chi connectivity index (χ2n) is 11.1. The molecule has 0 rings (SSSR count). The number of carboxylic acid groups (broad SMARTS) is 2. The Balaban J connectivity index is 6.11. The number of carbonyl (C=O) groups is 4. The van der Waals surface area contributed by atoms with Gasteiger partial charge in [-0.3, -0.25) is 9.59 Å². The molecular weight excluding hydrogens is 464 g/mol. The van der Waals surface area contributed by atoms with Crippen LogP contribution in [0.4, 0.5) is 0 Å². The number of carboxylic acids is 2. The summed E-state index contributed by atoms with van der Waals surface area (Å²) in [5, 5.41) is 18.8. The number of hydrogen-bond acceptors (Lipinski definition) is 7. The predicted octanol–water partition coefficient (Wildman–Crippen LogP) is 3.07. The van der Waals surface area contributed by atoms with Gasteiger partial charge in [-0.05, 0) is 37.0 Å². The average molecular weight is 507 g/mol. The van der Waals surface area contributed by atoms with E-state index < -0.39 is 76.8 Å². The van der Waals surface area contributed by atoms with Crippen molar-refractivity contribution < 1.29 is 43.0 Å². The van der Waals surface area contributed by atoms with E-state index >= 15 is 0 Å². The van der Waals surface area contributed by atoms with Gasteiger partial charge in [-0.25, -0.2) is 9.59 Å². The van der Waals surface area contributed by atoms with Gasteiger partial charge in [0, 0.05) is 11.8 Å². The summed E-state index contributed by atoms with van der Waals surface area (Å²) < 4.78 is 17.0. The van der Waals surface area contributed by atoms with Gasteiger partial charge in [0.25, 0.3) is 0 Å². The Morgan fingerprint density at radius 3 is 1.12 bits per heavy atom.